The fourth-order valence-corrected chi connectivity index (χ4v) is 1.21. The van der Waals surface area contributed by atoms with E-state index in [-0.39, 0.29) is 18.3 Å². The molecule has 0 aliphatic heterocycles. The Bertz CT molecular complexity index is 355. The Labute approximate surface area is 101 Å². The van der Waals surface area contributed by atoms with Crippen molar-refractivity contribution in [3.05, 3.63) is 23.8 Å². The van der Waals surface area contributed by atoms with Gasteiger partial charge in [0.25, 0.3) is 0 Å². The molecular formula is C11H16ClNO3. The van der Waals surface area contributed by atoms with Gasteiger partial charge in [-0.1, -0.05) is 0 Å². The van der Waals surface area contributed by atoms with Crippen molar-refractivity contribution >= 4 is 18.3 Å². The van der Waals surface area contributed by atoms with E-state index in [9.17, 15) is 0 Å². The Morgan fingerprint density at radius 3 is 2.44 bits per heavy atom. The van der Waals surface area contributed by atoms with E-state index in [1.807, 2.05) is 6.92 Å². The minimum atomic E-state index is 0. The Kier molecular flexibility index (Phi) is 6.34. The molecule has 0 aromatic heterocycles. The summed E-state index contributed by atoms with van der Waals surface area (Å²) in [6.45, 7) is 2.29. The zero-order valence-electron chi connectivity index (χ0n) is 9.57. The van der Waals surface area contributed by atoms with Gasteiger partial charge in [0.2, 0.25) is 5.90 Å². The normalized spacial score (nSPS) is 8.94. The number of halogens is 1. The molecule has 16 heavy (non-hydrogen) atoms. The number of hydrogen-bond acceptors (Lipinski definition) is 4. The number of ether oxygens (including phenoxy) is 3. The maximum absolute atomic E-state index is 7.69. The second kappa shape index (κ2) is 6.95. The van der Waals surface area contributed by atoms with Crippen LogP contribution in [0.4, 0.5) is 0 Å². The molecule has 0 saturated heterocycles. The number of methoxy groups -OCH3 is 2. The third-order valence-electron chi connectivity index (χ3n) is 1.94. The maximum Gasteiger partial charge on any atom is 0.217 e. The lowest BCUT2D eigenvalue weighted by Crippen LogP contribution is -2.07. The van der Waals surface area contributed by atoms with E-state index in [1.165, 1.54) is 0 Å². The number of nitrogens with one attached hydrogen (secondary N) is 1. The minimum absolute atomic E-state index is 0. The molecule has 0 amide bonds. The molecule has 1 aromatic rings. The average Bonchev–Trinajstić information content (AvgIpc) is 2.28. The molecule has 0 saturated carbocycles. The van der Waals surface area contributed by atoms with Crippen LogP contribution >= 0.6 is 12.4 Å². The highest BCUT2D eigenvalue weighted by Crippen LogP contribution is 2.24. The first kappa shape index (κ1) is 14.6. The predicted octanol–water partition coefficient (Wildman–Crippen LogP) is 2.49. The van der Waals surface area contributed by atoms with Crippen LogP contribution in [0.25, 0.3) is 0 Å². The largest absolute Gasteiger partial charge is 0.497 e. The molecule has 0 unspecified atom stereocenters. The van der Waals surface area contributed by atoms with Crippen LogP contribution in [0.15, 0.2) is 18.2 Å². The zero-order chi connectivity index (χ0) is 11.3. The maximum atomic E-state index is 7.69. The molecule has 0 spiro atoms. The van der Waals surface area contributed by atoms with Crippen LogP contribution in [0.5, 0.6) is 11.5 Å². The molecule has 0 aliphatic carbocycles. The van der Waals surface area contributed by atoms with E-state index in [1.54, 1.807) is 32.4 Å². The fourth-order valence-electron chi connectivity index (χ4n) is 1.21. The van der Waals surface area contributed by atoms with E-state index in [4.69, 9.17) is 19.6 Å². The summed E-state index contributed by atoms with van der Waals surface area (Å²) in [5.41, 5.74) is 0.596. The van der Waals surface area contributed by atoms with Gasteiger partial charge in [-0.3, -0.25) is 5.41 Å². The lowest BCUT2D eigenvalue weighted by molar-refractivity contribution is 0.322. The second-order valence-corrected chi connectivity index (χ2v) is 2.83. The van der Waals surface area contributed by atoms with Gasteiger partial charge in [0.1, 0.15) is 11.5 Å². The molecule has 0 fully saturated rings. The van der Waals surface area contributed by atoms with Crippen molar-refractivity contribution in [2.24, 2.45) is 0 Å². The molecular weight excluding hydrogens is 230 g/mol. The molecule has 0 radical (unpaired) electrons. The first-order valence-electron chi connectivity index (χ1n) is 4.66. The van der Waals surface area contributed by atoms with Crippen molar-refractivity contribution in [3.8, 4) is 11.5 Å². The highest BCUT2D eigenvalue weighted by molar-refractivity contribution is 5.95. The first-order valence-corrected chi connectivity index (χ1v) is 4.66. The van der Waals surface area contributed by atoms with Crippen LogP contribution in [0, 0.1) is 5.41 Å². The zero-order valence-corrected chi connectivity index (χ0v) is 10.4. The smallest absolute Gasteiger partial charge is 0.217 e. The van der Waals surface area contributed by atoms with Gasteiger partial charge < -0.3 is 14.2 Å². The van der Waals surface area contributed by atoms with Crippen LogP contribution < -0.4 is 9.47 Å². The third-order valence-corrected chi connectivity index (χ3v) is 1.94. The molecule has 0 atom stereocenters. The Morgan fingerprint density at radius 1 is 1.25 bits per heavy atom. The number of rotatable bonds is 4. The highest BCUT2D eigenvalue weighted by Gasteiger charge is 2.10. The molecule has 1 aromatic carbocycles. The second-order valence-electron chi connectivity index (χ2n) is 2.83. The summed E-state index contributed by atoms with van der Waals surface area (Å²) in [6.07, 6.45) is 0. The average molecular weight is 246 g/mol. The SMILES string of the molecule is CCOC(=N)c1cc(OC)ccc1OC.Cl. The van der Waals surface area contributed by atoms with Gasteiger partial charge in [-0.15, -0.1) is 12.4 Å². The number of benzene rings is 1. The molecule has 0 aliphatic rings. The van der Waals surface area contributed by atoms with E-state index < -0.39 is 0 Å². The van der Waals surface area contributed by atoms with Crippen LogP contribution in [0.2, 0.25) is 0 Å². The molecule has 90 valence electrons. The van der Waals surface area contributed by atoms with E-state index >= 15 is 0 Å². The van der Waals surface area contributed by atoms with Gasteiger partial charge in [0, 0.05) is 0 Å². The molecule has 0 heterocycles. The summed E-state index contributed by atoms with van der Waals surface area (Å²) in [5.74, 6) is 1.37. The summed E-state index contributed by atoms with van der Waals surface area (Å²) in [6, 6.07) is 5.25. The Balaban J connectivity index is 0.00000225. The van der Waals surface area contributed by atoms with Gasteiger partial charge in [0.05, 0.1) is 26.4 Å². The van der Waals surface area contributed by atoms with E-state index in [0.717, 1.165) is 0 Å². The Hall–Kier alpha value is -1.42. The van der Waals surface area contributed by atoms with Crippen molar-refractivity contribution in [2.45, 2.75) is 6.92 Å². The predicted molar refractivity (Wildman–Crippen MR) is 65.2 cm³/mol. The van der Waals surface area contributed by atoms with E-state index in [0.29, 0.717) is 23.7 Å². The van der Waals surface area contributed by atoms with Crippen molar-refractivity contribution in [1.82, 2.24) is 0 Å². The quantitative estimate of drug-likeness (QED) is 0.655. The monoisotopic (exact) mass is 245 g/mol. The summed E-state index contributed by atoms with van der Waals surface area (Å²) in [7, 11) is 3.14. The molecule has 4 nitrogen and oxygen atoms in total. The van der Waals surface area contributed by atoms with Gasteiger partial charge in [-0.2, -0.15) is 0 Å². The van der Waals surface area contributed by atoms with Crippen LogP contribution in [0.1, 0.15) is 12.5 Å². The van der Waals surface area contributed by atoms with Crippen LogP contribution in [-0.4, -0.2) is 26.7 Å². The van der Waals surface area contributed by atoms with Crippen molar-refractivity contribution in [1.29, 1.82) is 5.41 Å². The Morgan fingerprint density at radius 2 is 1.94 bits per heavy atom. The lowest BCUT2D eigenvalue weighted by Gasteiger charge is -2.11. The van der Waals surface area contributed by atoms with E-state index in [2.05, 4.69) is 0 Å². The van der Waals surface area contributed by atoms with Gasteiger partial charge in [0.15, 0.2) is 0 Å². The van der Waals surface area contributed by atoms with Gasteiger partial charge in [-0.25, -0.2) is 0 Å². The first-order chi connectivity index (χ1) is 7.22. The standard InChI is InChI=1S/C11H15NO3.ClH/c1-4-15-11(12)9-7-8(13-2)5-6-10(9)14-3;/h5-7,12H,4H2,1-3H3;1H. The fraction of sp³-hybridized carbons (Fsp3) is 0.364. The molecule has 0 bridgehead atoms. The summed E-state index contributed by atoms with van der Waals surface area (Å²) >= 11 is 0. The number of hydrogen-bond donors (Lipinski definition) is 1. The van der Waals surface area contributed by atoms with Gasteiger partial charge in [-0.05, 0) is 25.1 Å². The van der Waals surface area contributed by atoms with Crippen LogP contribution in [0.3, 0.4) is 0 Å². The van der Waals surface area contributed by atoms with Crippen LogP contribution in [-0.2, 0) is 4.74 Å². The van der Waals surface area contributed by atoms with Crippen molar-refractivity contribution < 1.29 is 14.2 Å². The van der Waals surface area contributed by atoms with Crippen molar-refractivity contribution in [3.63, 3.8) is 0 Å². The minimum Gasteiger partial charge on any atom is -0.497 e. The van der Waals surface area contributed by atoms with Crippen molar-refractivity contribution in [2.75, 3.05) is 20.8 Å². The molecule has 1 N–H and O–H groups in total. The highest BCUT2D eigenvalue weighted by atomic mass is 35.5. The summed E-state index contributed by atoms with van der Waals surface area (Å²) < 4.78 is 15.3. The molecule has 1 rings (SSSR count). The third kappa shape index (κ3) is 3.31. The summed E-state index contributed by atoms with van der Waals surface area (Å²) in [5, 5.41) is 7.69. The van der Waals surface area contributed by atoms with Gasteiger partial charge >= 0.3 is 0 Å². The summed E-state index contributed by atoms with van der Waals surface area (Å²) in [4.78, 5) is 0. The topological polar surface area (TPSA) is 51.5 Å². The lowest BCUT2D eigenvalue weighted by atomic mass is 10.2. The molecule has 5 heteroatoms.